The molecule has 2 rings (SSSR count). The average Bonchev–Trinajstić information content (AvgIpc) is 2.37. The number of hydrogen-bond donors (Lipinski definition) is 1. The van der Waals surface area contributed by atoms with Crippen LogP contribution in [0.25, 0.3) is 0 Å². The van der Waals surface area contributed by atoms with Gasteiger partial charge in [0, 0.05) is 31.9 Å². The first-order valence-corrected chi connectivity index (χ1v) is 8.42. The lowest BCUT2D eigenvalue weighted by atomic mass is 10.2. The predicted molar refractivity (Wildman–Crippen MR) is 77.1 cm³/mol. The largest absolute Gasteiger partial charge is 0.368 e. The summed E-state index contributed by atoms with van der Waals surface area (Å²) < 4.78 is 22.9. The van der Waals surface area contributed by atoms with Crippen LogP contribution in [0.1, 0.15) is 19.4 Å². The Morgan fingerprint density at radius 2 is 2.05 bits per heavy atom. The lowest BCUT2D eigenvalue weighted by molar-refractivity contribution is 0.582. The Morgan fingerprint density at radius 1 is 1.37 bits per heavy atom. The van der Waals surface area contributed by atoms with Gasteiger partial charge in [-0.05, 0) is 11.6 Å². The molecule has 0 atom stereocenters. The molecule has 1 N–H and O–H groups in total. The van der Waals surface area contributed by atoms with Gasteiger partial charge in [-0.25, -0.2) is 8.42 Å². The molecule has 0 spiro atoms. The normalized spacial score (nSPS) is 18.8. The molecule has 0 unspecified atom stereocenters. The van der Waals surface area contributed by atoms with E-state index in [4.69, 9.17) is 0 Å². The molecule has 2 heterocycles. The van der Waals surface area contributed by atoms with E-state index in [0.717, 1.165) is 12.2 Å². The molecule has 1 aliphatic heterocycles. The minimum atomic E-state index is -2.84. The third kappa shape index (κ3) is 3.91. The van der Waals surface area contributed by atoms with E-state index in [-0.39, 0.29) is 11.5 Å². The Labute approximate surface area is 114 Å². The van der Waals surface area contributed by atoms with Crippen LogP contribution >= 0.6 is 0 Å². The zero-order valence-electron chi connectivity index (χ0n) is 11.5. The van der Waals surface area contributed by atoms with Crippen LogP contribution in [0.4, 0.5) is 5.69 Å². The van der Waals surface area contributed by atoms with E-state index in [2.05, 4.69) is 29.0 Å². The van der Waals surface area contributed by atoms with E-state index in [1.807, 2.05) is 12.3 Å². The number of hydrogen-bond acceptors (Lipinski definition) is 5. The zero-order chi connectivity index (χ0) is 13.9. The molecular weight excluding hydrogens is 262 g/mol. The topological polar surface area (TPSA) is 62.3 Å². The van der Waals surface area contributed by atoms with Gasteiger partial charge in [0.05, 0.1) is 23.4 Å². The molecule has 0 bridgehead atoms. The summed E-state index contributed by atoms with van der Waals surface area (Å²) >= 11 is 0. The highest BCUT2D eigenvalue weighted by Gasteiger charge is 2.23. The molecule has 0 radical (unpaired) electrons. The number of nitrogens with zero attached hydrogens (tertiary/aromatic N) is 2. The fourth-order valence-corrected chi connectivity index (χ4v) is 3.32. The Balaban J connectivity index is 2.11. The van der Waals surface area contributed by atoms with Crippen molar-refractivity contribution in [1.29, 1.82) is 0 Å². The van der Waals surface area contributed by atoms with Crippen molar-refractivity contribution in [2.45, 2.75) is 26.4 Å². The molecule has 106 valence electrons. The molecule has 1 fully saturated rings. The zero-order valence-corrected chi connectivity index (χ0v) is 12.3. The van der Waals surface area contributed by atoms with Gasteiger partial charge in [0.1, 0.15) is 0 Å². The summed E-state index contributed by atoms with van der Waals surface area (Å²) in [7, 11) is -2.84. The summed E-state index contributed by atoms with van der Waals surface area (Å²) in [5, 5.41) is 3.38. The van der Waals surface area contributed by atoms with E-state index in [1.54, 1.807) is 6.20 Å². The number of pyridine rings is 1. The SMILES string of the molecule is CC(C)NCc1ccncc1N1CCS(=O)(=O)CC1. The smallest absolute Gasteiger partial charge is 0.153 e. The van der Waals surface area contributed by atoms with Gasteiger partial charge in [-0.2, -0.15) is 0 Å². The Kier molecular flexibility index (Phi) is 4.42. The van der Waals surface area contributed by atoms with Crippen molar-refractivity contribution in [2.75, 3.05) is 29.5 Å². The van der Waals surface area contributed by atoms with Gasteiger partial charge < -0.3 is 10.2 Å². The van der Waals surface area contributed by atoms with Crippen LogP contribution in [0.5, 0.6) is 0 Å². The predicted octanol–water partition coefficient (Wildman–Crippen LogP) is 0.814. The van der Waals surface area contributed by atoms with Crippen LogP contribution in [0.15, 0.2) is 18.5 Å². The quantitative estimate of drug-likeness (QED) is 0.886. The summed E-state index contributed by atoms with van der Waals surface area (Å²) in [6.45, 7) is 6.10. The van der Waals surface area contributed by atoms with Crippen LogP contribution in [0.3, 0.4) is 0 Å². The lowest BCUT2D eigenvalue weighted by Crippen LogP contribution is -2.41. The first-order valence-electron chi connectivity index (χ1n) is 6.59. The minimum Gasteiger partial charge on any atom is -0.368 e. The van der Waals surface area contributed by atoms with Gasteiger partial charge >= 0.3 is 0 Å². The first-order chi connectivity index (χ1) is 8.98. The van der Waals surface area contributed by atoms with Crippen LogP contribution in [-0.2, 0) is 16.4 Å². The lowest BCUT2D eigenvalue weighted by Gasteiger charge is -2.30. The molecule has 0 aromatic carbocycles. The average molecular weight is 283 g/mol. The van der Waals surface area contributed by atoms with Gasteiger partial charge in [-0.15, -0.1) is 0 Å². The van der Waals surface area contributed by atoms with E-state index in [1.165, 1.54) is 5.56 Å². The van der Waals surface area contributed by atoms with Crippen molar-refractivity contribution < 1.29 is 8.42 Å². The number of sulfone groups is 1. The summed E-state index contributed by atoms with van der Waals surface area (Å²) in [6.07, 6.45) is 3.61. The third-order valence-corrected chi connectivity index (χ3v) is 4.88. The Bertz CT molecular complexity index is 514. The van der Waals surface area contributed by atoms with Crippen molar-refractivity contribution in [3.05, 3.63) is 24.0 Å². The monoisotopic (exact) mass is 283 g/mol. The molecule has 1 aliphatic rings. The van der Waals surface area contributed by atoms with E-state index < -0.39 is 9.84 Å². The molecule has 1 saturated heterocycles. The van der Waals surface area contributed by atoms with Crippen molar-refractivity contribution in [3.63, 3.8) is 0 Å². The van der Waals surface area contributed by atoms with E-state index >= 15 is 0 Å². The van der Waals surface area contributed by atoms with Crippen molar-refractivity contribution in [1.82, 2.24) is 10.3 Å². The highest BCUT2D eigenvalue weighted by atomic mass is 32.2. The number of nitrogens with one attached hydrogen (secondary N) is 1. The molecule has 5 nitrogen and oxygen atoms in total. The molecule has 0 aliphatic carbocycles. The maximum absolute atomic E-state index is 11.5. The minimum absolute atomic E-state index is 0.235. The van der Waals surface area contributed by atoms with Crippen molar-refractivity contribution >= 4 is 15.5 Å². The van der Waals surface area contributed by atoms with E-state index in [0.29, 0.717) is 19.1 Å². The molecule has 0 saturated carbocycles. The summed E-state index contributed by atoms with van der Waals surface area (Å²) in [4.78, 5) is 6.28. The van der Waals surface area contributed by atoms with Gasteiger partial charge in [-0.1, -0.05) is 13.8 Å². The maximum atomic E-state index is 11.5. The van der Waals surface area contributed by atoms with Gasteiger partial charge in [-0.3, -0.25) is 4.98 Å². The standard InChI is InChI=1S/C13H21N3O2S/c1-11(2)15-9-12-3-4-14-10-13(12)16-5-7-19(17,18)8-6-16/h3-4,10-11,15H,5-9H2,1-2H3. The second kappa shape index (κ2) is 5.88. The van der Waals surface area contributed by atoms with Crippen LogP contribution < -0.4 is 10.2 Å². The fraction of sp³-hybridized carbons (Fsp3) is 0.615. The number of rotatable bonds is 4. The van der Waals surface area contributed by atoms with E-state index in [9.17, 15) is 8.42 Å². The Hall–Kier alpha value is -1.14. The summed E-state index contributed by atoms with van der Waals surface area (Å²) in [5.74, 6) is 0.470. The molecule has 0 amide bonds. The first kappa shape index (κ1) is 14.3. The maximum Gasteiger partial charge on any atom is 0.153 e. The van der Waals surface area contributed by atoms with Crippen molar-refractivity contribution in [3.8, 4) is 0 Å². The van der Waals surface area contributed by atoms with Crippen molar-refractivity contribution in [2.24, 2.45) is 0 Å². The highest BCUT2D eigenvalue weighted by molar-refractivity contribution is 7.91. The van der Waals surface area contributed by atoms with Gasteiger partial charge in [0.2, 0.25) is 0 Å². The van der Waals surface area contributed by atoms with Gasteiger partial charge in [0.25, 0.3) is 0 Å². The fourth-order valence-electron chi connectivity index (χ4n) is 2.12. The number of anilines is 1. The van der Waals surface area contributed by atoms with Gasteiger partial charge in [0.15, 0.2) is 9.84 Å². The highest BCUT2D eigenvalue weighted by Crippen LogP contribution is 2.21. The second-order valence-electron chi connectivity index (χ2n) is 5.18. The molecule has 1 aromatic heterocycles. The van der Waals surface area contributed by atoms with Crippen LogP contribution in [0.2, 0.25) is 0 Å². The third-order valence-electron chi connectivity index (χ3n) is 3.27. The molecule has 6 heteroatoms. The Morgan fingerprint density at radius 3 is 2.68 bits per heavy atom. The molecule has 1 aromatic rings. The summed E-state index contributed by atoms with van der Waals surface area (Å²) in [6, 6.07) is 2.41. The van der Waals surface area contributed by atoms with Crippen LogP contribution in [-0.4, -0.2) is 44.0 Å². The molecular formula is C13H21N3O2S. The van der Waals surface area contributed by atoms with Crippen LogP contribution in [0, 0.1) is 0 Å². The molecule has 19 heavy (non-hydrogen) atoms. The number of aromatic nitrogens is 1. The summed E-state index contributed by atoms with van der Waals surface area (Å²) in [5.41, 5.74) is 2.22. The second-order valence-corrected chi connectivity index (χ2v) is 7.48.